The fraction of sp³-hybridized carbons (Fsp3) is 0.556. The molecule has 24 heavy (non-hydrogen) atoms. The van der Waals surface area contributed by atoms with Crippen molar-refractivity contribution in [2.75, 3.05) is 32.7 Å². The van der Waals surface area contributed by atoms with E-state index in [4.69, 9.17) is 0 Å². The van der Waals surface area contributed by atoms with Crippen molar-refractivity contribution in [3.63, 3.8) is 0 Å². The van der Waals surface area contributed by atoms with E-state index in [1.54, 1.807) is 0 Å². The van der Waals surface area contributed by atoms with Crippen LogP contribution in [0.5, 0.6) is 0 Å². The van der Waals surface area contributed by atoms with E-state index < -0.39 is 0 Å². The Hall–Kier alpha value is -1.92. The monoisotopic (exact) mass is 327 g/mol. The summed E-state index contributed by atoms with van der Waals surface area (Å²) in [5, 5.41) is 11.3. The normalized spacial score (nSPS) is 24.0. The molecule has 2 aliphatic heterocycles. The van der Waals surface area contributed by atoms with Crippen LogP contribution in [0.2, 0.25) is 0 Å². The van der Waals surface area contributed by atoms with Gasteiger partial charge in [-0.05, 0) is 24.5 Å². The van der Waals surface area contributed by atoms with Crippen LogP contribution in [0.15, 0.2) is 24.4 Å². The molecule has 0 radical (unpaired) electrons. The Kier molecular flexibility index (Phi) is 4.49. The molecule has 128 valence electrons. The van der Waals surface area contributed by atoms with Crippen molar-refractivity contribution in [2.45, 2.75) is 31.8 Å². The predicted octanol–water partition coefficient (Wildman–Crippen LogP) is 1.35. The maximum atomic E-state index is 11.5. The van der Waals surface area contributed by atoms with E-state index in [-0.39, 0.29) is 5.91 Å². The van der Waals surface area contributed by atoms with Crippen molar-refractivity contribution >= 4 is 16.8 Å². The van der Waals surface area contributed by atoms with Crippen LogP contribution in [0.3, 0.4) is 0 Å². The van der Waals surface area contributed by atoms with Gasteiger partial charge in [-0.15, -0.1) is 0 Å². The van der Waals surface area contributed by atoms with Crippen LogP contribution >= 0.6 is 0 Å². The number of nitrogens with one attached hydrogen (secondary N) is 2. The molecule has 1 aromatic heterocycles. The molecule has 1 atom stereocenters. The van der Waals surface area contributed by atoms with Gasteiger partial charge in [-0.1, -0.05) is 12.1 Å². The smallest absolute Gasteiger partial charge is 0.220 e. The molecule has 2 aliphatic rings. The van der Waals surface area contributed by atoms with Crippen LogP contribution in [-0.4, -0.2) is 64.7 Å². The zero-order valence-electron chi connectivity index (χ0n) is 14.0. The van der Waals surface area contributed by atoms with Crippen molar-refractivity contribution in [3.8, 4) is 0 Å². The highest BCUT2D eigenvalue weighted by Crippen LogP contribution is 2.18. The number of piperazine rings is 1. The predicted molar refractivity (Wildman–Crippen MR) is 93.6 cm³/mol. The van der Waals surface area contributed by atoms with Gasteiger partial charge in [0.15, 0.2) is 0 Å². The second kappa shape index (κ2) is 6.91. The first-order valence-corrected chi connectivity index (χ1v) is 8.93. The van der Waals surface area contributed by atoms with E-state index in [9.17, 15) is 4.79 Å². The summed E-state index contributed by atoms with van der Waals surface area (Å²) < 4.78 is 0. The molecule has 0 unspecified atom stereocenters. The fourth-order valence-corrected chi connectivity index (χ4v) is 3.90. The van der Waals surface area contributed by atoms with Crippen molar-refractivity contribution in [1.82, 2.24) is 25.3 Å². The number of H-pyrrole nitrogens is 1. The summed E-state index contributed by atoms with van der Waals surface area (Å²) in [7, 11) is 0. The molecule has 0 bridgehead atoms. The Morgan fingerprint density at radius 2 is 2.04 bits per heavy atom. The Morgan fingerprint density at radius 3 is 2.92 bits per heavy atom. The summed E-state index contributed by atoms with van der Waals surface area (Å²) in [6, 6.07) is 7.11. The minimum Gasteiger partial charge on any atom is -0.356 e. The lowest BCUT2D eigenvalue weighted by Gasteiger charge is -2.39. The molecule has 0 spiro atoms. The molecule has 1 aromatic carbocycles. The average Bonchev–Trinajstić information content (AvgIpc) is 2.96. The number of aromatic amines is 1. The van der Waals surface area contributed by atoms with Gasteiger partial charge in [0.2, 0.25) is 5.91 Å². The molecule has 2 saturated heterocycles. The Morgan fingerprint density at radius 1 is 1.17 bits per heavy atom. The van der Waals surface area contributed by atoms with Crippen LogP contribution in [0.25, 0.3) is 10.9 Å². The van der Waals surface area contributed by atoms with Gasteiger partial charge in [0.05, 0.1) is 11.7 Å². The summed E-state index contributed by atoms with van der Waals surface area (Å²) >= 11 is 0. The van der Waals surface area contributed by atoms with E-state index in [0.717, 1.165) is 57.6 Å². The van der Waals surface area contributed by atoms with E-state index in [0.29, 0.717) is 12.5 Å². The third kappa shape index (κ3) is 3.44. The van der Waals surface area contributed by atoms with Gasteiger partial charge >= 0.3 is 0 Å². The zero-order valence-corrected chi connectivity index (χ0v) is 14.0. The van der Waals surface area contributed by atoms with E-state index in [1.165, 1.54) is 10.9 Å². The van der Waals surface area contributed by atoms with Crippen LogP contribution in [-0.2, 0) is 11.3 Å². The zero-order chi connectivity index (χ0) is 16.4. The standard InChI is InChI=1S/C18H25N5O/c24-18-4-3-16(5-6-19-18)23-9-7-22(8-10-23)13-14-1-2-15-12-20-21-17(15)11-14/h1-2,11-12,16H,3-10,13H2,(H,19,24)(H,20,21)/t16-/m1/s1. The number of hydrogen-bond donors (Lipinski definition) is 2. The number of amides is 1. The van der Waals surface area contributed by atoms with E-state index >= 15 is 0 Å². The first kappa shape index (κ1) is 15.6. The number of carbonyl (C=O) groups excluding carboxylic acids is 1. The van der Waals surface area contributed by atoms with E-state index in [1.807, 2.05) is 6.20 Å². The van der Waals surface area contributed by atoms with Crippen LogP contribution in [0.1, 0.15) is 24.8 Å². The van der Waals surface area contributed by atoms with Gasteiger partial charge in [-0.3, -0.25) is 19.7 Å². The molecule has 3 heterocycles. The highest BCUT2D eigenvalue weighted by Gasteiger charge is 2.25. The SMILES string of the molecule is O=C1CC[C@@H](N2CCN(Cc3ccc4cn[nH]c4c3)CC2)CCN1. The minimum atomic E-state index is 0.213. The molecule has 2 aromatic rings. The highest BCUT2D eigenvalue weighted by molar-refractivity contribution is 5.78. The fourth-order valence-electron chi connectivity index (χ4n) is 3.90. The lowest BCUT2D eigenvalue weighted by molar-refractivity contribution is -0.120. The Bertz CT molecular complexity index is 704. The summed E-state index contributed by atoms with van der Waals surface area (Å²) in [5.41, 5.74) is 2.45. The van der Waals surface area contributed by atoms with Crippen molar-refractivity contribution in [2.24, 2.45) is 0 Å². The highest BCUT2D eigenvalue weighted by atomic mass is 16.1. The second-order valence-electron chi connectivity index (χ2n) is 6.93. The summed E-state index contributed by atoms with van der Waals surface area (Å²) in [5.74, 6) is 0.213. The number of carbonyl (C=O) groups is 1. The quantitative estimate of drug-likeness (QED) is 0.893. The second-order valence-corrected chi connectivity index (χ2v) is 6.93. The molecule has 2 fully saturated rings. The summed E-state index contributed by atoms with van der Waals surface area (Å²) in [4.78, 5) is 16.6. The van der Waals surface area contributed by atoms with Crippen molar-refractivity contribution in [3.05, 3.63) is 30.0 Å². The number of aromatic nitrogens is 2. The number of fused-ring (bicyclic) bond motifs is 1. The van der Waals surface area contributed by atoms with Crippen LogP contribution in [0, 0.1) is 0 Å². The first-order chi connectivity index (χ1) is 11.8. The average molecular weight is 327 g/mol. The van der Waals surface area contributed by atoms with Gasteiger partial charge < -0.3 is 5.32 Å². The molecule has 0 aliphatic carbocycles. The minimum absolute atomic E-state index is 0.213. The molecule has 2 N–H and O–H groups in total. The lowest BCUT2D eigenvalue weighted by atomic mass is 10.1. The Balaban J connectivity index is 1.31. The first-order valence-electron chi connectivity index (χ1n) is 8.93. The number of rotatable bonds is 3. The van der Waals surface area contributed by atoms with Crippen LogP contribution in [0.4, 0.5) is 0 Å². The van der Waals surface area contributed by atoms with Crippen molar-refractivity contribution in [1.29, 1.82) is 0 Å². The number of nitrogens with zero attached hydrogens (tertiary/aromatic N) is 3. The number of benzene rings is 1. The molecular formula is C18H25N5O. The summed E-state index contributed by atoms with van der Waals surface area (Å²) in [6.45, 7) is 6.22. The third-order valence-corrected chi connectivity index (χ3v) is 5.34. The largest absolute Gasteiger partial charge is 0.356 e. The van der Waals surface area contributed by atoms with Gasteiger partial charge in [0.25, 0.3) is 0 Å². The maximum absolute atomic E-state index is 11.5. The molecule has 1 amide bonds. The van der Waals surface area contributed by atoms with E-state index in [2.05, 4.69) is 43.5 Å². The Labute approximate surface area is 142 Å². The third-order valence-electron chi connectivity index (χ3n) is 5.34. The molecule has 0 saturated carbocycles. The molecule has 6 nitrogen and oxygen atoms in total. The molecule has 4 rings (SSSR count). The maximum Gasteiger partial charge on any atom is 0.220 e. The summed E-state index contributed by atoms with van der Waals surface area (Å²) in [6.07, 6.45) is 4.63. The molecule has 6 heteroatoms. The molecular weight excluding hydrogens is 302 g/mol. The van der Waals surface area contributed by atoms with Gasteiger partial charge in [-0.2, -0.15) is 5.10 Å². The van der Waals surface area contributed by atoms with Gasteiger partial charge in [0.1, 0.15) is 0 Å². The topological polar surface area (TPSA) is 64.3 Å². The van der Waals surface area contributed by atoms with Gasteiger partial charge in [0, 0.05) is 57.1 Å². The van der Waals surface area contributed by atoms with Crippen LogP contribution < -0.4 is 5.32 Å². The number of hydrogen-bond acceptors (Lipinski definition) is 4. The van der Waals surface area contributed by atoms with Gasteiger partial charge in [-0.25, -0.2) is 0 Å². The van der Waals surface area contributed by atoms with Crippen molar-refractivity contribution < 1.29 is 4.79 Å². The lowest BCUT2D eigenvalue weighted by Crippen LogP contribution is -2.50.